The number of aromatic nitrogens is 2. The Labute approximate surface area is 56.1 Å². The molecule has 10 heavy (non-hydrogen) atoms. The Kier molecular flexibility index (Phi) is 1.38. The highest BCUT2D eigenvalue weighted by Crippen LogP contribution is 1.92. The molecule has 1 rings (SSSR count). The van der Waals surface area contributed by atoms with E-state index >= 15 is 0 Å². The number of hydrogen-bond acceptors (Lipinski definition) is 4. The third kappa shape index (κ3) is 1.11. The van der Waals surface area contributed by atoms with Crippen molar-refractivity contribution in [3.63, 3.8) is 0 Å². The predicted octanol–water partition coefficient (Wildman–Crippen LogP) is -0.776. The normalized spacial score (nSPS) is 8.70. The molecule has 1 heterocycles. The molecule has 0 fully saturated rings. The quantitative estimate of drug-likeness (QED) is 0.489. The summed E-state index contributed by atoms with van der Waals surface area (Å²) < 4.78 is 0. The molecule has 1 aromatic heterocycles. The van der Waals surface area contributed by atoms with Gasteiger partial charge in [-0.25, -0.2) is 4.79 Å². The van der Waals surface area contributed by atoms with Crippen LogP contribution in [-0.2, 0) is 0 Å². The summed E-state index contributed by atoms with van der Waals surface area (Å²) in [7, 11) is 0. The molecule has 5 nitrogen and oxygen atoms in total. The van der Waals surface area contributed by atoms with Gasteiger partial charge in [0.2, 0.25) is 0 Å². The lowest BCUT2D eigenvalue weighted by Gasteiger charge is -1.88. The van der Waals surface area contributed by atoms with Crippen molar-refractivity contribution >= 4 is 5.82 Å². The van der Waals surface area contributed by atoms with Crippen molar-refractivity contribution in [1.29, 1.82) is 5.26 Å². The number of anilines is 1. The first kappa shape index (κ1) is 6.29. The Morgan fingerprint density at radius 1 is 1.80 bits per heavy atom. The number of nitrogens with zero attached hydrogens (tertiary/aromatic N) is 2. The number of H-pyrrole nitrogens is 1. The molecule has 3 N–H and O–H groups in total. The topological polar surface area (TPSA) is 95.6 Å². The summed E-state index contributed by atoms with van der Waals surface area (Å²) in [5, 5.41) is 8.28. The van der Waals surface area contributed by atoms with Gasteiger partial charge in [-0.15, -0.1) is 0 Å². The molecule has 0 aliphatic heterocycles. The van der Waals surface area contributed by atoms with E-state index in [9.17, 15) is 4.79 Å². The van der Waals surface area contributed by atoms with Gasteiger partial charge >= 0.3 is 5.69 Å². The molecule has 0 bridgehead atoms. The summed E-state index contributed by atoms with van der Waals surface area (Å²) in [6, 6.07) is 3.03. The van der Waals surface area contributed by atoms with E-state index < -0.39 is 5.69 Å². The van der Waals surface area contributed by atoms with Gasteiger partial charge in [0, 0.05) is 6.07 Å². The number of rotatable bonds is 0. The first-order valence-corrected chi connectivity index (χ1v) is 2.49. The number of nitriles is 1. The molecule has 0 radical (unpaired) electrons. The summed E-state index contributed by atoms with van der Waals surface area (Å²) in [6.45, 7) is 0. The molecule has 0 aliphatic carbocycles. The highest BCUT2D eigenvalue weighted by atomic mass is 16.1. The second kappa shape index (κ2) is 2.19. The lowest BCUT2D eigenvalue weighted by atomic mass is 10.4. The molecule has 0 aliphatic rings. The number of nitrogens with two attached hydrogens (primary N) is 1. The van der Waals surface area contributed by atoms with Gasteiger partial charge in [0.1, 0.15) is 17.6 Å². The van der Waals surface area contributed by atoms with Crippen LogP contribution < -0.4 is 11.4 Å². The number of nitrogen functional groups attached to an aromatic ring is 1. The van der Waals surface area contributed by atoms with Crippen molar-refractivity contribution in [2.24, 2.45) is 0 Å². The molecule has 5 heteroatoms. The average molecular weight is 136 g/mol. The molecule has 0 saturated carbocycles. The smallest absolute Gasteiger partial charge is 0.347 e. The maximum atomic E-state index is 10.5. The molecule has 0 atom stereocenters. The van der Waals surface area contributed by atoms with E-state index in [4.69, 9.17) is 11.0 Å². The predicted molar refractivity (Wildman–Crippen MR) is 34.0 cm³/mol. The number of aromatic amines is 1. The van der Waals surface area contributed by atoms with E-state index in [-0.39, 0.29) is 11.5 Å². The zero-order chi connectivity index (χ0) is 7.56. The highest BCUT2D eigenvalue weighted by Gasteiger charge is 1.93. The van der Waals surface area contributed by atoms with Gasteiger partial charge in [-0.05, 0) is 0 Å². The minimum atomic E-state index is -0.600. The highest BCUT2D eigenvalue weighted by molar-refractivity contribution is 5.33. The molecular weight excluding hydrogens is 132 g/mol. The first-order valence-electron chi connectivity index (χ1n) is 2.49. The minimum absolute atomic E-state index is 0.0558. The maximum Gasteiger partial charge on any atom is 0.347 e. The van der Waals surface area contributed by atoms with Gasteiger partial charge < -0.3 is 5.73 Å². The van der Waals surface area contributed by atoms with Crippen molar-refractivity contribution in [3.05, 3.63) is 22.2 Å². The van der Waals surface area contributed by atoms with Crippen LogP contribution in [0, 0.1) is 11.3 Å². The second-order valence-electron chi connectivity index (χ2n) is 1.64. The van der Waals surface area contributed by atoms with Crippen LogP contribution in [0.1, 0.15) is 5.69 Å². The van der Waals surface area contributed by atoms with E-state index in [0.717, 1.165) is 0 Å². The fraction of sp³-hybridized carbons (Fsp3) is 0. The van der Waals surface area contributed by atoms with Crippen molar-refractivity contribution in [2.45, 2.75) is 0 Å². The van der Waals surface area contributed by atoms with E-state index in [1.165, 1.54) is 6.07 Å². The summed E-state index contributed by atoms with van der Waals surface area (Å²) >= 11 is 0. The number of nitrogens with one attached hydrogen (secondary N) is 1. The van der Waals surface area contributed by atoms with Gasteiger partial charge in [0.05, 0.1) is 0 Å². The van der Waals surface area contributed by atoms with Crippen molar-refractivity contribution in [2.75, 3.05) is 5.73 Å². The van der Waals surface area contributed by atoms with Crippen LogP contribution in [0.5, 0.6) is 0 Å². The fourth-order valence-electron chi connectivity index (χ4n) is 0.537. The van der Waals surface area contributed by atoms with Gasteiger partial charge in [0.25, 0.3) is 0 Å². The minimum Gasteiger partial charge on any atom is -0.383 e. The van der Waals surface area contributed by atoms with E-state index in [1.807, 2.05) is 0 Å². The molecule has 0 amide bonds. The van der Waals surface area contributed by atoms with Crippen LogP contribution in [-0.4, -0.2) is 9.97 Å². The van der Waals surface area contributed by atoms with Gasteiger partial charge in [0.15, 0.2) is 0 Å². The Morgan fingerprint density at radius 3 is 3.00 bits per heavy atom. The van der Waals surface area contributed by atoms with E-state index in [2.05, 4.69) is 9.97 Å². The monoisotopic (exact) mass is 136 g/mol. The van der Waals surface area contributed by atoms with Crippen molar-refractivity contribution < 1.29 is 0 Å². The van der Waals surface area contributed by atoms with Gasteiger partial charge in [-0.2, -0.15) is 10.2 Å². The Hall–Kier alpha value is -1.83. The van der Waals surface area contributed by atoms with E-state index in [1.54, 1.807) is 6.07 Å². The Morgan fingerprint density at radius 2 is 2.50 bits per heavy atom. The molecule has 0 unspecified atom stereocenters. The first-order chi connectivity index (χ1) is 4.72. The summed E-state index contributed by atoms with van der Waals surface area (Å²) in [5.41, 5.74) is 4.68. The van der Waals surface area contributed by atoms with Crippen LogP contribution in [0.2, 0.25) is 0 Å². The lowest BCUT2D eigenvalue weighted by Crippen LogP contribution is -2.13. The zero-order valence-electron chi connectivity index (χ0n) is 4.96. The average Bonchev–Trinajstić information content (AvgIpc) is 1.85. The zero-order valence-corrected chi connectivity index (χ0v) is 4.96. The SMILES string of the molecule is N#Cc1cc(N)nc(=O)[nH]1. The Balaban J connectivity index is 3.36. The van der Waals surface area contributed by atoms with Gasteiger partial charge in [-0.3, -0.25) is 4.98 Å². The Bertz CT molecular complexity index is 334. The molecule has 0 spiro atoms. The second-order valence-corrected chi connectivity index (χ2v) is 1.64. The van der Waals surface area contributed by atoms with Crippen LogP contribution in [0.25, 0.3) is 0 Å². The molecule has 1 aromatic rings. The van der Waals surface area contributed by atoms with Crippen molar-refractivity contribution in [3.8, 4) is 6.07 Å². The summed E-state index contributed by atoms with van der Waals surface area (Å²) in [5.74, 6) is 0.0558. The fourth-order valence-corrected chi connectivity index (χ4v) is 0.537. The summed E-state index contributed by atoms with van der Waals surface area (Å²) in [4.78, 5) is 16.0. The largest absolute Gasteiger partial charge is 0.383 e. The molecular formula is C5H4N4O. The van der Waals surface area contributed by atoms with Crippen LogP contribution in [0.4, 0.5) is 5.82 Å². The van der Waals surface area contributed by atoms with Crippen molar-refractivity contribution in [1.82, 2.24) is 9.97 Å². The van der Waals surface area contributed by atoms with Crippen LogP contribution in [0.3, 0.4) is 0 Å². The molecule has 0 saturated heterocycles. The lowest BCUT2D eigenvalue weighted by molar-refractivity contribution is 1.06. The third-order valence-electron chi connectivity index (χ3n) is 0.885. The summed E-state index contributed by atoms with van der Waals surface area (Å²) in [6.07, 6.45) is 0. The maximum absolute atomic E-state index is 10.5. The standard InChI is InChI=1S/C5H4N4O/c6-2-3-1-4(7)9-5(10)8-3/h1H,(H3,7,8,9,10). The molecule has 0 aromatic carbocycles. The van der Waals surface area contributed by atoms with Crippen LogP contribution in [0.15, 0.2) is 10.9 Å². The number of hydrogen-bond donors (Lipinski definition) is 2. The van der Waals surface area contributed by atoms with E-state index in [0.29, 0.717) is 0 Å². The third-order valence-corrected chi connectivity index (χ3v) is 0.885. The van der Waals surface area contributed by atoms with Gasteiger partial charge in [-0.1, -0.05) is 0 Å². The van der Waals surface area contributed by atoms with Crippen LogP contribution >= 0.6 is 0 Å². The molecule has 50 valence electrons.